The lowest BCUT2D eigenvalue weighted by Crippen LogP contribution is -2.71. The van der Waals surface area contributed by atoms with Crippen molar-refractivity contribution in [2.24, 2.45) is 0 Å². The average Bonchev–Trinajstić information content (AvgIpc) is 2.41. The van der Waals surface area contributed by atoms with Gasteiger partial charge in [-0.1, -0.05) is 0 Å². The number of hydrogen-bond acceptors (Lipinski definition) is 4. The summed E-state index contributed by atoms with van der Waals surface area (Å²) in [4.78, 5) is 34.7. The van der Waals surface area contributed by atoms with Crippen molar-refractivity contribution < 1.29 is 32.7 Å². The number of alkyl halides is 4. The highest BCUT2D eigenvalue weighted by atomic mass is 35.5. The summed E-state index contributed by atoms with van der Waals surface area (Å²) in [6.45, 7) is 0. The quantitative estimate of drug-likeness (QED) is 0.576. The van der Waals surface area contributed by atoms with Crippen LogP contribution in [-0.2, 0) is 14.4 Å². The van der Waals surface area contributed by atoms with E-state index in [1.807, 2.05) is 0 Å². The maximum atomic E-state index is 12.2. The minimum atomic E-state index is -5.10. The van der Waals surface area contributed by atoms with Crippen LogP contribution < -0.4 is 5.32 Å². The second-order valence-corrected chi connectivity index (χ2v) is 5.62. The van der Waals surface area contributed by atoms with Crippen molar-refractivity contribution in [2.45, 2.75) is 17.6 Å². The van der Waals surface area contributed by atoms with Gasteiger partial charge in [-0.05, 0) is 5.57 Å². The van der Waals surface area contributed by atoms with Crippen molar-refractivity contribution in [3.63, 3.8) is 0 Å². The molecule has 1 saturated heterocycles. The molecule has 1 unspecified atom stereocenters. The number of nitrogens with one attached hydrogen (secondary N) is 1. The molecule has 0 saturated carbocycles. The molecule has 6 nitrogen and oxygen atoms in total. The maximum absolute atomic E-state index is 12.2. The Hall–Kier alpha value is -1.42. The van der Waals surface area contributed by atoms with Crippen molar-refractivity contribution in [2.75, 3.05) is 11.6 Å². The highest BCUT2D eigenvalue weighted by Gasteiger charge is 2.55. The van der Waals surface area contributed by atoms with E-state index in [2.05, 4.69) is 0 Å². The average molecular weight is 345 g/mol. The number of hydrogen-bond donors (Lipinski definition) is 2. The molecule has 2 amide bonds. The Morgan fingerprint density at radius 2 is 2.10 bits per heavy atom. The van der Waals surface area contributed by atoms with Crippen LogP contribution >= 0.6 is 23.4 Å². The van der Waals surface area contributed by atoms with Gasteiger partial charge in [0.2, 0.25) is 0 Å². The largest absolute Gasteiger partial charge is 0.477 e. The minimum Gasteiger partial charge on any atom is -0.477 e. The first kappa shape index (κ1) is 16.0. The van der Waals surface area contributed by atoms with Crippen molar-refractivity contribution in [1.29, 1.82) is 0 Å². The molecular formula is C10H8ClF3N2O4S. The number of carboxylic acid groups (broad SMARTS) is 1. The zero-order valence-electron chi connectivity index (χ0n) is 10.1. The third-order valence-corrected chi connectivity index (χ3v) is 4.62. The molecule has 1 fully saturated rings. The fourth-order valence-electron chi connectivity index (χ4n) is 2.01. The van der Waals surface area contributed by atoms with E-state index in [0.717, 1.165) is 16.7 Å². The predicted molar refractivity (Wildman–Crippen MR) is 66.5 cm³/mol. The Kier molecular flexibility index (Phi) is 4.11. The number of amides is 2. The van der Waals surface area contributed by atoms with Gasteiger partial charge in [-0.3, -0.25) is 14.5 Å². The smallest absolute Gasteiger partial charge is 0.471 e. The molecule has 2 heterocycles. The maximum Gasteiger partial charge on any atom is 0.471 e. The summed E-state index contributed by atoms with van der Waals surface area (Å²) in [7, 11) is 0. The van der Waals surface area contributed by atoms with Crippen LogP contribution in [0.5, 0.6) is 0 Å². The van der Waals surface area contributed by atoms with Gasteiger partial charge in [0.05, 0.1) is 0 Å². The van der Waals surface area contributed by atoms with Gasteiger partial charge in [-0.2, -0.15) is 13.2 Å². The summed E-state index contributed by atoms with van der Waals surface area (Å²) < 4.78 is 36.5. The first-order valence-corrected chi connectivity index (χ1v) is 7.10. The molecule has 0 aliphatic carbocycles. The van der Waals surface area contributed by atoms with Crippen molar-refractivity contribution >= 4 is 41.1 Å². The van der Waals surface area contributed by atoms with Crippen LogP contribution in [-0.4, -0.2) is 57.0 Å². The first-order valence-electron chi connectivity index (χ1n) is 5.52. The standard InChI is InChI=1S/C10H8ClF3N2O4S/c11-1-3-2-21-7-4(15-9(20)10(12,13)14)6(17)16(7)5(3)8(18)19/h4,7H,1-2H2,(H,15,20)(H,18,19)/t4?,7-/m1/s1. The number of carbonyl (C=O) groups excluding carboxylic acids is 2. The van der Waals surface area contributed by atoms with Gasteiger partial charge in [0.25, 0.3) is 5.91 Å². The Labute approximate surface area is 125 Å². The predicted octanol–water partition coefficient (Wildman–Crippen LogP) is 0.526. The van der Waals surface area contributed by atoms with Crippen LogP contribution in [0.4, 0.5) is 13.2 Å². The molecule has 0 aromatic carbocycles. The van der Waals surface area contributed by atoms with Gasteiger partial charge in [0.1, 0.15) is 17.1 Å². The zero-order chi connectivity index (χ0) is 15.9. The number of carbonyl (C=O) groups is 3. The summed E-state index contributed by atoms with van der Waals surface area (Å²) in [5.41, 5.74) is -0.0179. The van der Waals surface area contributed by atoms with Crippen molar-refractivity contribution in [3.05, 3.63) is 11.3 Å². The molecular weight excluding hydrogens is 337 g/mol. The lowest BCUT2D eigenvalue weighted by atomic mass is 10.0. The topological polar surface area (TPSA) is 86.7 Å². The van der Waals surface area contributed by atoms with Gasteiger partial charge in [-0.15, -0.1) is 23.4 Å². The van der Waals surface area contributed by atoms with Crippen molar-refractivity contribution in [3.8, 4) is 0 Å². The van der Waals surface area contributed by atoms with E-state index in [0.29, 0.717) is 5.57 Å². The number of β-lactam (4-membered cyclic amide) rings is 1. The second kappa shape index (κ2) is 5.41. The molecule has 0 aromatic rings. The third kappa shape index (κ3) is 2.69. The number of thioether (sulfide) groups is 1. The van der Waals surface area contributed by atoms with Gasteiger partial charge in [0, 0.05) is 11.6 Å². The molecule has 2 atom stereocenters. The summed E-state index contributed by atoms with van der Waals surface area (Å²) >= 11 is 6.64. The van der Waals surface area contributed by atoms with Crippen LogP contribution in [0.2, 0.25) is 0 Å². The van der Waals surface area contributed by atoms with Crippen LogP contribution in [0.15, 0.2) is 11.3 Å². The molecule has 2 rings (SSSR count). The third-order valence-electron chi connectivity index (χ3n) is 2.96. The fraction of sp³-hybridized carbons (Fsp3) is 0.500. The van der Waals surface area contributed by atoms with E-state index in [1.165, 1.54) is 0 Å². The Morgan fingerprint density at radius 1 is 1.48 bits per heavy atom. The van der Waals surface area contributed by atoms with E-state index in [9.17, 15) is 27.6 Å². The van der Waals surface area contributed by atoms with E-state index in [4.69, 9.17) is 16.7 Å². The molecule has 2 aliphatic heterocycles. The Morgan fingerprint density at radius 3 is 2.57 bits per heavy atom. The Balaban J connectivity index is 2.19. The molecule has 116 valence electrons. The highest BCUT2D eigenvalue weighted by molar-refractivity contribution is 8.00. The minimum absolute atomic E-state index is 0.106. The lowest BCUT2D eigenvalue weighted by molar-refractivity contribution is -0.177. The zero-order valence-corrected chi connectivity index (χ0v) is 11.7. The summed E-state index contributed by atoms with van der Waals surface area (Å²) in [5, 5.41) is 9.79. The summed E-state index contributed by atoms with van der Waals surface area (Å²) in [6, 6.07) is -1.39. The normalized spacial score (nSPS) is 25.3. The number of halogens is 4. The molecule has 0 aromatic heterocycles. The van der Waals surface area contributed by atoms with Gasteiger partial charge < -0.3 is 10.4 Å². The van der Waals surface area contributed by atoms with Crippen LogP contribution in [0.1, 0.15) is 0 Å². The van der Waals surface area contributed by atoms with Crippen LogP contribution in [0.3, 0.4) is 0 Å². The molecule has 11 heteroatoms. The van der Waals surface area contributed by atoms with E-state index in [1.54, 1.807) is 5.32 Å². The summed E-state index contributed by atoms with van der Waals surface area (Å²) in [5.74, 6) is -4.46. The molecule has 2 aliphatic rings. The van der Waals surface area contributed by atoms with E-state index in [-0.39, 0.29) is 17.3 Å². The summed E-state index contributed by atoms with van der Waals surface area (Å²) in [6.07, 6.45) is -5.10. The lowest BCUT2D eigenvalue weighted by Gasteiger charge is -2.49. The molecule has 0 bridgehead atoms. The van der Waals surface area contributed by atoms with Gasteiger partial charge in [0.15, 0.2) is 0 Å². The molecule has 21 heavy (non-hydrogen) atoms. The number of aliphatic carboxylic acids is 1. The molecule has 0 spiro atoms. The SMILES string of the molecule is O=C(O)C1=C(CCl)CS[C@@H]2C(NC(=O)C(F)(F)F)C(=O)N12. The Bertz CT molecular complexity index is 551. The van der Waals surface area contributed by atoms with Crippen LogP contribution in [0, 0.1) is 0 Å². The molecule has 2 N–H and O–H groups in total. The fourth-order valence-corrected chi connectivity index (χ4v) is 3.69. The van der Waals surface area contributed by atoms with Crippen LogP contribution in [0.25, 0.3) is 0 Å². The number of rotatable bonds is 3. The highest BCUT2D eigenvalue weighted by Crippen LogP contribution is 2.40. The first-order chi connectivity index (χ1) is 9.68. The van der Waals surface area contributed by atoms with Crippen molar-refractivity contribution in [1.82, 2.24) is 10.2 Å². The number of nitrogens with zero attached hydrogens (tertiary/aromatic N) is 1. The monoisotopic (exact) mass is 344 g/mol. The van der Waals surface area contributed by atoms with E-state index >= 15 is 0 Å². The number of carboxylic acids is 1. The van der Waals surface area contributed by atoms with Gasteiger partial charge in [-0.25, -0.2) is 4.79 Å². The second-order valence-electron chi connectivity index (χ2n) is 4.25. The van der Waals surface area contributed by atoms with Gasteiger partial charge >= 0.3 is 18.1 Å². The molecule has 0 radical (unpaired) electrons. The number of fused-ring (bicyclic) bond motifs is 1. The van der Waals surface area contributed by atoms with E-state index < -0.39 is 35.4 Å².